The molecule has 0 bridgehead atoms. The number of anilines is 2. The smallest absolute Gasteiger partial charge is 0.411 e. The molecule has 10 heteroatoms. The summed E-state index contributed by atoms with van der Waals surface area (Å²) in [6, 6.07) is 5.87. The summed E-state index contributed by atoms with van der Waals surface area (Å²) in [4.78, 5) is 24.5. The number of piperidine rings is 1. The van der Waals surface area contributed by atoms with Crippen molar-refractivity contribution in [1.29, 1.82) is 0 Å². The summed E-state index contributed by atoms with van der Waals surface area (Å²) in [5.74, 6) is -0.342. The highest BCUT2D eigenvalue weighted by Crippen LogP contribution is 2.23. The fraction of sp³-hybridized carbons (Fsp3) is 0.579. The van der Waals surface area contributed by atoms with Gasteiger partial charge in [-0.25, -0.2) is 13.2 Å². The predicted octanol–water partition coefficient (Wildman–Crippen LogP) is 2.41. The maximum absolute atomic E-state index is 12.8. The van der Waals surface area contributed by atoms with Crippen molar-refractivity contribution in [2.24, 2.45) is 0 Å². The zero-order valence-electron chi connectivity index (χ0n) is 16.8. The normalized spacial score (nSPS) is 17.5. The van der Waals surface area contributed by atoms with E-state index in [-0.39, 0.29) is 18.3 Å². The second-order valence-electron chi connectivity index (χ2n) is 6.76. The molecule has 0 aromatic heterocycles. The molecular formula is C19H29N3O6S. The van der Waals surface area contributed by atoms with Crippen molar-refractivity contribution in [3.05, 3.63) is 24.3 Å². The van der Waals surface area contributed by atoms with Gasteiger partial charge in [0, 0.05) is 25.0 Å². The van der Waals surface area contributed by atoms with Crippen LogP contribution in [0.1, 0.15) is 32.6 Å². The third-order valence-electron chi connectivity index (χ3n) is 4.47. The summed E-state index contributed by atoms with van der Waals surface area (Å²) >= 11 is 0. The van der Waals surface area contributed by atoms with Crippen molar-refractivity contribution in [3.8, 4) is 0 Å². The predicted molar refractivity (Wildman–Crippen MR) is 110 cm³/mol. The largest absolute Gasteiger partial charge is 0.447 e. The number of methoxy groups -OCH3 is 1. The monoisotopic (exact) mass is 427 g/mol. The Morgan fingerprint density at radius 2 is 1.90 bits per heavy atom. The SMILES string of the molecule is CCCS(=O)(=O)N1CCCCC1C(=O)Nc1cccc(NC(=O)OCCOC)c1. The molecule has 1 heterocycles. The molecule has 1 atom stereocenters. The highest BCUT2D eigenvalue weighted by Gasteiger charge is 2.36. The zero-order valence-corrected chi connectivity index (χ0v) is 17.7. The second kappa shape index (κ2) is 11.1. The standard InChI is InChI=1S/C19H29N3O6S/c1-3-13-29(25,26)22-10-5-4-9-17(22)18(23)20-15-7-6-8-16(14-15)21-19(24)28-12-11-27-2/h6-8,14,17H,3-5,9-13H2,1-2H3,(H,20,23)(H,21,24). The molecule has 2 amide bonds. The Hall–Kier alpha value is -2.17. The van der Waals surface area contributed by atoms with Crippen LogP contribution in [0.3, 0.4) is 0 Å². The lowest BCUT2D eigenvalue weighted by molar-refractivity contribution is -0.120. The average Bonchev–Trinajstić information content (AvgIpc) is 2.68. The number of benzene rings is 1. The van der Waals surface area contributed by atoms with Gasteiger partial charge in [0.2, 0.25) is 15.9 Å². The molecule has 0 spiro atoms. The molecule has 1 fully saturated rings. The van der Waals surface area contributed by atoms with Crippen LogP contribution in [0.2, 0.25) is 0 Å². The van der Waals surface area contributed by atoms with E-state index in [1.807, 2.05) is 0 Å². The van der Waals surface area contributed by atoms with Gasteiger partial charge in [-0.1, -0.05) is 19.4 Å². The van der Waals surface area contributed by atoms with Gasteiger partial charge in [0.05, 0.1) is 12.4 Å². The zero-order chi connectivity index (χ0) is 21.3. The summed E-state index contributed by atoms with van der Waals surface area (Å²) in [6.45, 7) is 2.58. The first-order valence-electron chi connectivity index (χ1n) is 9.70. The Bertz CT molecular complexity index is 799. The van der Waals surface area contributed by atoms with Gasteiger partial charge in [0.15, 0.2) is 0 Å². The Labute approximate surface area is 171 Å². The van der Waals surface area contributed by atoms with E-state index in [0.717, 1.165) is 12.8 Å². The van der Waals surface area contributed by atoms with E-state index >= 15 is 0 Å². The molecule has 1 aromatic carbocycles. The van der Waals surface area contributed by atoms with E-state index in [9.17, 15) is 18.0 Å². The molecule has 162 valence electrons. The lowest BCUT2D eigenvalue weighted by Crippen LogP contribution is -2.50. The molecule has 1 aliphatic heterocycles. The van der Waals surface area contributed by atoms with Crippen LogP contribution in [0, 0.1) is 0 Å². The first-order valence-corrected chi connectivity index (χ1v) is 11.3. The van der Waals surface area contributed by atoms with Crippen LogP contribution < -0.4 is 10.6 Å². The number of carbonyl (C=O) groups excluding carboxylic acids is 2. The van der Waals surface area contributed by atoms with Crippen LogP contribution in [0.15, 0.2) is 24.3 Å². The van der Waals surface area contributed by atoms with E-state index in [4.69, 9.17) is 9.47 Å². The van der Waals surface area contributed by atoms with Crippen LogP contribution >= 0.6 is 0 Å². The van der Waals surface area contributed by atoms with Gasteiger partial charge in [0.1, 0.15) is 12.6 Å². The van der Waals surface area contributed by atoms with Crippen LogP contribution in [0.25, 0.3) is 0 Å². The summed E-state index contributed by atoms with van der Waals surface area (Å²) in [5.41, 5.74) is 0.910. The van der Waals surface area contributed by atoms with Gasteiger partial charge in [-0.3, -0.25) is 10.1 Å². The van der Waals surface area contributed by atoms with E-state index < -0.39 is 22.2 Å². The number of amides is 2. The highest BCUT2D eigenvalue weighted by molar-refractivity contribution is 7.89. The molecule has 29 heavy (non-hydrogen) atoms. The highest BCUT2D eigenvalue weighted by atomic mass is 32.2. The van der Waals surface area contributed by atoms with Crippen molar-refractivity contribution >= 4 is 33.4 Å². The summed E-state index contributed by atoms with van der Waals surface area (Å²) in [5, 5.41) is 5.33. The van der Waals surface area contributed by atoms with Crippen LogP contribution in [0.4, 0.5) is 16.2 Å². The number of rotatable bonds is 9. The van der Waals surface area contributed by atoms with Gasteiger partial charge < -0.3 is 14.8 Å². The third-order valence-corrected chi connectivity index (χ3v) is 6.55. The summed E-state index contributed by atoms with van der Waals surface area (Å²) in [7, 11) is -1.96. The minimum atomic E-state index is -3.47. The molecule has 2 N–H and O–H groups in total. The molecule has 1 saturated heterocycles. The summed E-state index contributed by atoms with van der Waals surface area (Å²) < 4.78 is 36.1. The van der Waals surface area contributed by atoms with Gasteiger partial charge in [-0.05, 0) is 37.5 Å². The minimum Gasteiger partial charge on any atom is -0.447 e. The van der Waals surface area contributed by atoms with Crippen molar-refractivity contribution in [2.75, 3.05) is 43.3 Å². The number of hydrogen-bond acceptors (Lipinski definition) is 6. The molecular weight excluding hydrogens is 398 g/mol. The number of sulfonamides is 1. The van der Waals surface area contributed by atoms with E-state index in [0.29, 0.717) is 37.4 Å². The number of ether oxygens (including phenoxy) is 2. The topological polar surface area (TPSA) is 114 Å². The fourth-order valence-electron chi connectivity index (χ4n) is 3.15. The lowest BCUT2D eigenvalue weighted by Gasteiger charge is -2.33. The van der Waals surface area contributed by atoms with Gasteiger partial charge in [0.25, 0.3) is 0 Å². The Morgan fingerprint density at radius 1 is 1.17 bits per heavy atom. The van der Waals surface area contributed by atoms with Gasteiger partial charge in [-0.2, -0.15) is 4.31 Å². The first kappa shape index (κ1) is 23.1. The molecule has 1 aliphatic rings. The first-order chi connectivity index (χ1) is 13.9. The molecule has 0 saturated carbocycles. The third kappa shape index (κ3) is 6.98. The maximum Gasteiger partial charge on any atom is 0.411 e. The number of nitrogens with zero attached hydrogens (tertiary/aromatic N) is 1. The number of nitrogens with one attached hydrogen (secondary N) is 2. The van der Waals surface area contributed by atoms with Crippen molar-refractivity contribution < 1.29 is 27.5 Å². The summed E-state index contributed by atoms with van der Waals surface area (Å²) in [6.07, 6.45) is 1.90. The van der Waals surface area contributed by atoms with Crippen LogP contribution in [-0.2, 0) is 24.3 Å². The molecule has 2 rings (SSSR count). The van der Waals surface area contributed by atoms with Gasteiger partial charge in [-0.15, -0.1) is 0 Å². The van der Waals surface area contributed by atoms with Gasteiger partial charge >= 0.3 is 6.09 Å². The minimum absolute atomic E-state index is 0.0291. The van der Waals surface area contributed by atoms with E-state index in [1.54, 1.807) is 31.2 Å². The van der Waals surface area contributed by atoms with E-state index in [2.05, 4.69) is 10.6 Å². The molecule has 9 nitrogen and oxygen atoms in total. The molecule has 0 radical (unpaired) electrons. The van der Waals surface area contributed by atoms with Crippen molar-refractivity contribution in [1.82, 2.24) is 4.31 Å². The quantitative estimate of drug-likeness (QED) is 0.585. The number of hydrogen-bond donors (Lipinski definition) is 2. The molecule has 1 unspecified atom stereocenters. The fourth-order valence-corrected chi connectivity index (χ4v) is 4.89. The molecule has 1 aromatic rings. The van der Waals surface area contributed by atoms with Crippen molar-refractivity contribution in [3.63, 3.8) is 0 Å². The average molecular weight is 428 g/mol. The number of carbonyl (C=O) groups is 2. The van der Waals surface area contributed by atoms with Crippen molar-refractivity contribution in [2.45, 2.75) is 38.6 Å². The van der Waals surface area contributed by atoms with Crippen LogP contribution in [0.5, 0.6) is 0 Å². The van der Waals surface area contributed by atoms with E-state index in [1.165, 1.54) is 11.4 Å². The maximum atomic E-state index is 12.8. The molecule has 0 aliphatic carbocycles. The lowest BCUT2D eigenvalue weighted by atomic mass is 10.0. The van der Waals surface area contributed by atoms with Crippen LogP contribution in [-0.4, -0.2) is 63.4 Å². The Kier molecular flexibility index (Phi) is 8.87. The Balaban J connectivity index is 2.03. The second-order valence-corrected chi connectivity index (χ2v) is 8.80. The Morgan fingerprint density at radius 3 is 2.59 bits per heavy atom.